The monoisotopic (exact) mass is 397 g/mol. The molecule has 1 saturated heterocycles. The highest BCUT2D eigenvalue weighted by atomic mass is 16.3. The zero-order valence-corrected chi connectivity index (χ0v) is 16.9. The minimum atomic E-state index is -0.483. The molecule has 3 heterocycles. The zero-order chi connectivity index (χ0) is 20.1. The molecule has 4 rings (SSSR count). The Balaban J connectivity index is 1.47. The number of hydrogen-bond donors (Lipinski definition) is 2. The number of nitrogens with zero attached hydrogens (tertiary/aromatic N) is 4. The van der Waals surface area contributed by atoms with E-state index in [1.54, 1.807) is 6.07 Å². The van der Waals surface area contributed by atoms with Gasteiger partial charge in [0.15, 0.2) is 0 Å². The molecule has 7 nitrogen and oxygen atoms in total. The van der Waals surface area contributed by atoms with Gasteiger partial charge in [0.05, 0.1) is 12.1 Å². The van der Waals surface area contributed by atoms with Crippen LogP contribution in [0.25, 0.3) is 0 Å². The van der Waals surface area contributed by atoms with Crippen LogP contribution in [0.4, 0.5) is 5.82 Å². The maximum Gasteiger partial charge on any atom is 0.267 e. The molecule has 0 radical (unpaired) electrons. The van der Waals surface area contributed by atoms with Crippen molar-refractivity contribution in [3.05, 3.63) is 52.6 Å². The Kier molecular flexibility index (Phi) is 6.56. The molecule has 0 amide bonds. The van der Waals surface area contributed by atoms with Gasteiger partial charge in [0.25, 0.3) is 5.56 Å². The van der Waals surface area contributed by atoms with Crippen LogP contribution < -0.4 is 15.8 Å². The van der Waals surface area contributed by atoms with Crippen molar-refractivity contribution in [1.29, 1.82) is 0 Å². The standard InChI is InChI=1S/C22H31N5O2/c28-20-7-2-1-6-19(20)27-22(29)9-8-21(25-27)26-14-4-3-5-18(26)16-24-15-17-10-12-23-13-11-17/h8-13,18-20,24,28H,1-7,14-16H2. The maximum absolute atomic E-state index is 12.5. The summed E-state index contributed by atoms with van der Waals surface area (Å²) in [6.45, 7) is 2.63. The second-order valence-electron chi connectivity index (χ2n) is 8.22. The molecule has 3 atom stereocenters. The molecular formula is C22H31N5O2. The third-order valence-corrected chi connectivity index (χ3v) is 6.20. The number of anilines is 1. The van der Waals surface area contributed by atoms with Crippen molar-refractivity contribution in [1.82, 2.24) is 20.1 Å². The fraction of sp³-hybridized carbons (Fsp3) is 0.591. The number of rotatable bonds is 6. The first-order valence-corrected chi connectivity index (χ1v) is 10.9. The molecule has 1 aliphatic carbocycles. The molecule has 3 unspecified atom stereocenters. The second kappa shape index (κ2) is 9.50. The molecular weight excluding hydrogens is 366 g/mol. The van der Waals surface area contributed by atoms with Gasteiger partial charge in [-0.3, -0.25) is 9.78 Å². The SMILES string of the molecule is O=c1ccc(N2CCCCC2CNCc2ccncc2)nn1C1CCCCC1O. The van der Waals surface area contributed by atoms with Crippen molar-refractivity contribution in [3.63, 3.8) is 0 Å². The van der Waals surface area contributed by atoms with E-state index in [1.807, 2.05) is 30.6 Å². The highest BCUT2D eigenvalue weighted by Crippen LogP contribution is 2.28. The van der Waals surface area contributed by atoms with Crippen LogP contribution in [0.15, 0.2) is 41.5 Å². The summed E-state index contributed by atoms with van der Waals surface area (Å²) < 4.78 is 1.54. The first-order valence-electron chi connectivity index (χ1n) is 10.9. The highest BCUT2D eigenvalue weighted by Gasteiger charge is 2.28. The van der Waals surface area contributed by atoms with E-state index in [9.17, 15) is 9.90 Å². The quantitative estimate of drug-likeness (QED) is 0.778. The maximum atomic E-state index is 12.5. The number of aromatic nitrogens is 3. The molecule has 0 aromatic carbocycles. The van der Waals surface area contributed by atoms with Gasteiger partial charge in [0.1, 0.15) is 5.82 Å². The van der Waals surface area contributed by atoms with Crippen LogP contribution in [0, 0.1) is 0 Å². The molecule has 2 aromatic heterocycles. The minimum Gasteiger partial charge on any atom is -0.391 e. The van der Waals surface area contributed by atoms with Gasteiger partial charge in [-0.15, -0.1) is 0 Å². The molecule has 29 heavy (non-hydrogen) atoms. The number of nitrogens with one attached hydrogen (secondary N) is 1. The number of pyridine rings is 1. The molecule has 1 aliphatic heterocycles. The molecule has 2 aliphatic rings. The first-order chi connectivity index (χ1) is 14.2. The predicted molar refractivity (Wildman–Crippen MR) is 113 cm³/mol. The summed E-state index contributed by atoms with van der Waals surface area (Å²) in [5, 5.41) is 18.7. The summed E-state index contributed by atoms with van der Waals surface area (Å²) in [7, 11) is 0. The number of aliphatic hydroxyl groups is 1. The Morgan fingerprint density at radius 1 is 1.03 bits per heavy atom. The Labute approximate surface area is 171 Å². The van der Waals surface area contributed by atoms with E-state index in [1.165, 1.54) is 16.7 Å². The van der Waals surface area contributed by atoms with Crippen molar-refractivity contribution in [2.75, 3.05) is 18.0 Å². The van der Waals surface area contributed by atoms with Crippen LogP contribution >= 0.6 is 0 Å². The van der Waals surface area contributed by atoms with Crippen LogP contribution in [0.1, 0.15) is 56.6 Å². The molecule has 7 heteroatoms. The number of aliphatic hydroxyl groups excluding tert-OH is 1. The van der Waals surface area contributed by atoms with Gasteiger partial charge in [-0.1, -0.05) is 12.8 Å². The Morgan fingerprint density at radius 3 is 2.66 bits per heavy atom. The van der Waals surface area contributed by atoms with Gasteiger partial charge >= 0.3 is 0 Å². The van der Waals surface area contributed by atoms with Gasteiger partial charge in [-0.05, 0) is 55.9 Å². The lowest BCUT2D eigenvalue weighted by Gasteiger charge is -2.37. The molecule has 0 bridgehead atoms. The topological polar surface area (TPSA) is 83.3 Å². The lowest BCUT2D eigenvalue weighted by Crippen LogP contribution is -2.47. The molecule has 2 aromatic rings. The fourth-order valence-corrected chi connectivity index (χ4v) is 4.58. The summed E-state index contributed by atoms with van der Waals surface area (Å²) >= 11 is 0. The van der Waals surface area contributed by atoms with E-state index < -0.39 is 6.10 Å². The number of piperidine rings is 1. The molecule has 1 saturated carbocycles. The van der Waals surface area contributed by atoms with E-state index in [4.69, 9.17) is 5.10 Å². The fourth-order valence-electron chi connectivity index (χ4n) is 4.58. The van der Waals surface area contributed by atoms with Gasteiger partial charge < -0.3 is 15.3 Å². The average Bonchev–Trinajstić information content (AvgIpc) is 2.76. The average molecular weight is 398 g/mol. The summed E-state index contributed by atoms with van der Waals surface area (Å²) in [5.74, 6) is 0.845. The highest BCUT2D eigenvalue weighted by molar-refractivity contribution is 5.39. The largest absolute Gasteiger partial charge is 0.391 e. The van der Waals surface area contributed by atoms with Gasteiger partial charge in [-0.2, -0.15) is 5.10 Å². The Morgan fingerprint density at radius 2 is 1.83 bits per heavy atom. The Hall–Kier alpha value is -2.25. The van der Waals surface area contributed by atoms with Crippen LogP contribution in [-0.4, -0.2) is 45.1 Å². The van der Waals surface area contributed by atoms with Crippen molar-refractivity contribution in [2.45, 2.75) is 69.7 Å². The van der Waals surface area contributed by atoms with Crippen molar-refractivity contribution in [2.24, 2.45) is 0 Å². The van der Waals surface area contributed by atoms with E-state index in [0.717, 1.165) is 64.0 Å². The summed E-state index contributed by atoms with van der Waals surface area (Å²) in [6.07, 6.45) is 10.2. The molecule has 2 fully saturated rings. The summed E-state index contributed by atoms with van der Waals surface area (Å²) in [5.41, 5.74) is 1.10. The van der Waals surface area contributed by atoms with Crippen molar-refractivity contribution in [3.8, 4) is 0 Å². The van der Waals surface area contributed by atoms with Crippen molar-refractivity contribution >= 4 is 5.82 Å². The van der Waals surface area contributed by atoms with Crippen LogP contribution in [0.3, 0.4) is 0 Å². The normalized spacial score (nSPS) is 25.1. The second-order valence-corrected chi connectivity index (χ2v) is 8.22. The molecule has 2 N–H and O–H groups in total. The van der Waals surface area contributed by atoms with E-state index in [0.29, 0.717) is 6.04 Å². The van der Waals surface area contributed by atoms with E-state index in [-0.39, 0.29) is 11.6 Å². The van der Waals surface area contributed by atoms with Crippen LogP contribution in [0.2, 0.25) is 0 Å². The lowest BCUT2D eigenvalue weighted by molar-refractivity contribution is 0.0669. The summed E-state index contributed by atoms with van der Waals surface area (Å²) in [6, 6.07) is 7.65. The minimum absolute atomic E-state index is 0.121. The molecule has 156 valence electrons. The zero-order valence-electron chi connectivity index (χ0n) is 16.9. The van der Waals surface area contributed by atoms with Crippen LogP contribution in [0.5, 0.6) is 0 Å². The predicted octanol–water partition coefficient (Wildman–Crippen LogP) is 2.26. The van der Waals surface area contributed by atoms with Crippen LogP contribution in [-0.2, 0) is 6.54 Å². The smallest absolute Gasteiger partial charge is 0.267 e. The summed E-state index contributed by atoms with van der Waals surface area (Å²) in [4.78, 5) is 18.9. The van der Waals surface area contributed by atoms with Gasteiger partial charge in [0.2, 0.25) is 0 Å². The Bertz CT molecular complexity index is 841. The molecule has 0 spiro atoms. The third-order valence-electron chi connectivity index (χ3n) is 6.20. The lowest BCUT2D eigenvalue weighted by atomic mass is 9.93. The first kappa shape index (κ1) is 20.0. The van der Waals surface area contributed by atoms with E-state index in [2.05, 4.69) is 15.2 Å². The third kappa shape index (κ3) is 4.85. The van der Waals surface area contributed by atoms with E-state index >= 15 is 0 Å². The van der Waals surface area contributed by atoms with Crippen molar-refractivity contribution < 1.29 is 5.11 Å². The number of hydrogen-bond acceptors (Lipinski definition) is 6. The van der Waals surface area contributed by atoms with Gasteiger partial charge in [-0.25, -0.2) is 4.68 Å². The van der Waals surface area contributed by atoms with Gasteiger partial charge in [0, 0.05) is 44.1 Å².